The van der Waals surface area contributed by atoms with Crippen LogP contribution in [0.4, 0.5) is 0 Å². The van der Waals surface area contributed by atoms with E-state index in [-0.39, 0.29) is 0 Å². The van der Waals surface area contributed by atoms with E-state index in [1.54, 1.807) is 11.3 Å². The zero-order valence-corrected chi connectivity index (χ0v) is 10.7. The lowest BCUT2D eigenvalue weighted by Gasteiger charge is -2.14. The van der Waals surface area contributed by atoms with Gasteiger partial charge < -0.3 is 0 Å². The van der Waals surface area contributed by atoms with E-state index in [2.05, 4.69) is 11.5 Å². The van der Waals surface area contributed by atoms with Crippen molar-refractivity contribution < 1.29 is 0 Å². The molecule has 2 nitrogen and oxygen atoms in total. The fourth-order valence-corrected chi connectivity index (χ4v) is 4.60. The molecule has 3 unspecified atom stereocenters. The highest BCUT2D eigenvalue weighted by Gasteiger charge is 2.54. The number of rotatable bonds is 3. The normalized spacial score (nSPS) is 34.5. The van der Waals surface area contributed by atoms with Gasteiger partial charge in [0.05, 0.1) is 10.4 Å². The molecule has 0 bridgehead atoms. The Morgan fingerprint density at radius 2 is 2.00 bits per heavy atom. The molecule has 2 fully saturated rings. The summed E-state index contributed by atoms with van der Waals surface area (Å²) in [5.74, 6) is 8.30. The smallest absolute Gasteiger partial charge is 0.0931 e. The minimum atomic E-state index is 0.325. The topological polar surface area (TPSA) is 38.0 Å². The summed E-state index contributed by atoms with van der Waals surface area (Å²) in [6.45, 7) is 0. The van der Waals surface area contributed by atoms with Crippen molar-refractivity contribution in [3.63, 3.8) is 0 Å². The summed E-state index contributed by atoms with van der Waals surface area (Å²) in [5.41, 5.74) is 3.00. The van der Waals surface area contributed by atoms with Crippen LogP contribution in [0.1, 0.15) is 36.6 Å². The van der Waals surface area contributed by atoms with Crippen molar-refractivity contribution >= 4 is 22.9 Å². The second-order valence-corrected chi connectivity index (χ2v) is 6.72. The third-order valence-electron chi connectivity index (χ3n) is 4.19. The average Bonchev–Trinajstić information content (AvgIpc) is 2.86. The summed E-state index contributed by atoms with van der Waals surface area (Å²) in [5, 5.41) is 0. The standard InChI is InChI=1S/C12H17ClN2S/c13-10-6-5-9(16-10)12(15-14)11-7-3-1-2-4-8(7)11/h5-8,11-12,15H,1-4,14H2. The molecule has 16 heavy (non-hydrogen) atoms. The van der Waals surface area contributed by atoms with Gasteiger partial charge in [0.2, 0.25) is 0 Å². The molecule has 2 aliphatic rings. The summed E-state index contributed by atoms with van der Waals surface area (Å²) in [7, 11) is 0. The monoisotopic (exact) mass is 256 g/mol. The van der Waals surface area contributed by atoms with E-state index in [0.717, 1.165) is 22.1 Å². The molecular formula is C12H17ClN2S. The number of hydrazine groups is 1. The van der Waals surface area contributed by atoms with Crippen molar-refractivity contribution in [2.45, 2.75) is 31.7 Å². The van der Waals surface area contributed by atoms with Crippen molar-refractivity contribution in [2.24, 2.45) is 23.6 Å². The molecule has 0 radical (unpaired) electrons. The quantitative estimate of drug-likeness (QED) is 0.643. The van der Waals surface area contributed by atoms with Crippen molar-refractivity contribution in [1.29, 1.82) is 0 Å². The molecule has 0 aromatic carbocycles. The number of halogens is 1. The Kier molecular flexibility index (Phi) is 2.96. The first kappa shape index (κ1) is 11.0. The molecule has 0 amide bonds. The number of hydrogen-bond acceptors (Lipinski definition) is 3. The number of nitrogens with two attached hydrogens (primary N) is 1. The van der Waals surface area contributed by atoms with E-state index in [4.69, 9.17) is 17.4 Å². The number of nitrogens with one attached hydrogen (secondary N) is 1. The van der Waals surface area contributed by atoms with E-state index in [9.17, 15) is 0 Å². The van der Waals surface area contributed by atoms with Crippen molar-refractivity contribution in [2.75, 3.05) is 0 Å². The molecule has 2 saturated carbocycles. The molecule has 3 atom stereocenters. The Balaban J connectivity index is 1.77. The second kappa shape index (κ2) is 4.30. The molecule has 1 aromatic heterocycles. The van der Waals surface area contributed by atoms with Crippen LogP contribution in [-0.4, -0.2) is 0 Å². The van der Waals surface area contributed by atoms with Gasteiger partial charge in [0.15, 0.2) is 0 Å². The van der Waals surface area contributed by atoms with E-state index < -0.39 is 0 Å². The Labute approximate surface area is 105 Å². The van der Waals surface area contributed by atoms with Gasteiger partial charge in [-0.05, 0) is 42.7 Å². The zero-order chi connectivity index (χ0) is 11.1. The highest BCUT2D eigenvalue weighted by atomic mass is 35.5. The van der Waals surface area contributed by atoms with Gasteiger partial charge in [-0.25, -0.2) is 0 Å². The van der Waals surface area contributed by atoms with Gasteiger partial charge in [-0.3, -0.25) is 11.3 Å². The van der Waals surface area contributed by atoms with E-state index in [1.165, 1.54) is 30.6 Å². The summed E-state index contributed by atoms with van der Waals surface area (Å²) >= 11 is 7.65. The summed E-state index contributed by atoms with van der Waals surface area (Å²) < 4.78 is 0.860. The van der Waals surface area contributed by atoms with E-state index in [0.29, 0.717) is 6.04 Å². The largest absolute Gasteiger partial charge is 0.271 e. The van der Waals surface area contributed by atoms with Crippen LogP contribution in [0.25, 0.3) is 0 Å². The van der Waals surface area contributed by atoms with Crippen LogP contribution in [0.15, 0.2) is 12.1 Å². The van der Waals surface area contributed by atoms with Crippen molar-refractivity contribution in [1.82, 2.24) is 5.43 Å². The van der Waals surface area contributed by atoms with Gasteiger partial charge in [0, 0.05) is 4.88 Å². The van der Waals surface area contributed by atoms with E-state index in [1.807, 2.05) is 6.07 Å². The molecule has 1 heterocycles. The molecule has 1 aromatic rings. The highest BCUT2D eigenvalue weighted by Crippen LogP contribution is 2.60. The van der Waals surface area contributed by atoms with Gasteiger partial charge in [-0.2, -0.15) is 0 Å². The Bertz CT molecular complexity index is 367. The maximum Gasteiger partial charge on any atom is 0.0931 e. The van der Waals surface area contributed by atoms with Crippen LogP contribution >= 0.6 is 22.9 Å². The van der Waals surface area contributed by atoms with Crippen LogP contribution in [0.3, 0.4) is 0 Å². The number of fused-ring (bicyclic) bond motifs is 1. The third kappa shape index (κ3) is 1.80. The molecule has 0 spiro atoms. The molecule has 0 saturated heterocycles. The maximum absolute atomic E-state index is 5.99. The highest BCUT2D eigenvalue weighted by molar-refractivity contribution is 7.16. The predicted molar refractivity (Wildman–Crippen MR) is 68.3 cm³/mol. The van der Waals surface area contributed by atoms with Crippen molar-refractivity contribution in [3.8, 4) is 0 Å². The van der Waals surface area contributed by atoms with Crippen LogP contribution < -0.4 is 11.3 Å². The third-order valence-corrected chi connectivity index (χ3v) is 5.50. The molecule has 88 valence electrons. The van der Waals surface area contributed by atoms with Gasteiger partial charge in [-0.1, -0.05) is 24.4 Å². The van der Waals surface area contributed by atoms with Gasteiger partial charge in [-0.15, -0.1) is 11.3 Å². The summed E-state index contributed by atoms with van der Waals surface area (Å²) in [6, 6.07) is 4.41. The first-order chi connectivity index (χ1) is 7.81. The van der Waals surface area contributed by atoms with Crippen LogP contribution in [0, 0.1) is 17.8 Å². The first-order valence-electron chi connectivity index (χ1n) is 6.02. The second-order valence-electron chi connectivity index (χ2n) is 4.98. The van der Waals surface area contributed by atoms with Crippen LogP contribution in [0.2, 0.25) is 4.34 Å². The van der Waals surface area contributed by atoms with Gasteiger partial charge in [0.25, 0.3) is 0 Å². The molecule has 0 aliphatic heterocycles. The van der Waals surface area contributed by atoms with Gasteiger partial charge >= 0.3 is 0 Å². The number of hydrogen-bond donors (Lipinski definition) is 2. The Hall–Kier alpha value is -0.0900. The predicted octanol–water partition coefficient (Wildman–Crippen LogP) is 3.34. The fraction of sp³-hybridized carbons (Fsp3) is 0.667. The molecule has 4 heteroatoms. The van der Waals surface area contributed by atoms with Gasteiger partial charge in [0.1, 0.15) is 0 Å². The van der Waals surface area contributed by atoms with Crippen LogP contribution in [-0.2, 0) is 0 Å². The summed E-state index contributed by atoms with van der Waals surface area (Å²) in [4.78, 5) is 1.30. The maximum atomic E-state index is 5.99. The lowest BCUT2D eigenvalue weighted by atomic mass is 10.0. The zero-order valence-electron chi connectivity index (χ0n) is 9.16. The average molecular weight is 257 g/mol. The molecular weight excluding hydrogens is 240 g/mol. The molecule has 3 rings (SSSR count). The van der Waals surface area contributed by atoms with Crippen molar-refractivity contribution in [3.05, 3.63) is 21.3 Å². The SMILES string of the molecule is NNC(c1ccc(Cl)s1)C1C2CCCCC21. The first-order valence-corrected chi connectivity index (χ1v) is 7.22. The van der Waals surface area contributed by atoms with Crippen LogP contribution in [0.5, 0.6) is 0 Å². The lowest BCUT2D eigenvalue weighted by molar-refractivity contribution is 0.463. The minimum Gasteiger partial charge on any atom is -0.271 e. The number of thiophene rings is 1. The van der Waals surface area contributed by atoms with E-state index >= 15 is 0 Å². The Morgan fingerprint density at radius 1 is 1.31 bits per heavy atom. The fourth-order valence-electron chi connectivity index (χ4n) is 3.42. The summed E-state index contributed by atoms with van der Waals surface area (Å²) in [6.07, 6.45) is 5.60. The Morgan fingerprint density at radius 3 is 2.50 bits per heavy atom. The molecule has 2 aliphatic carbocycles. The molecule has 3 N–H and O–H groups in total. The lowest BCUT2D eigenvalue weighted by Crippen LogP contribution is -2.29. The minimum absolute atomic E-state index is 0.325.